The zero-order valence-corrected chi connectivity index (χ0v) is 20.3. The van der Waals surface area contributed by atoms with Crippen LogP contribution in [0.1, 0.15) is 17.0 Å². The van der Waals surface area contributed by atoms with Gasteiger partial charge >= 0.3 is 11.9 Å². The van der Waals surface area contributed by atoms with E-state index in [2.05, 4.69) is 4.98 Å². The van der Waals surface area contributed by atoms with Crippen LogP contribution in [0.4, 0.5) is 0 Å². The van der Waals surface area contributed by atoms with Gasteiger partial charge in [-0.15, -0.1) is 23.1 Å². The highest BCUT2D eigenvalue weighted by Gasteiger charge is 2.45. The maximum atomic E-state index is 12.2. The third-order valence-corrected chi connectivity index (χ3v) is 8.70. The van der Waals surface area contributed by atoms with Gasteiger partial charge in [0.05, 0.1) is 23.9 Å². The van der Waals surface area contributed by atoms with E-state index in [1.807, 2.05) is 37.3 Å². The summed E-state index contributed by atoms with van der Waals surface area (Å²) >= 11 is 4.41. The minimum absolute atomic E-state index is 0.0600. The standard InChI is InChI=1S/C22H22N2O6S3/c1-13-16(9-19(26)30-8-7-29-15-5-3-2-4-6-15)33-22(23-13)32-12-14-11-31-18-10-17(25)24(18)20(14)21(27)28/h2-6,18H,7-12H2,1H3,(H,27,28)/t18-/m0/s1. The van der Waals surface area contributed by atoms with Gasteiger partial charge in [0.15, 0.2) is 4.34 Å². The van der Waals surface area contributed by atoms with Crippen LogP contribution in [0, 0.1) is 6.92 Å². The highest BCUT2D eigenvalue weighted by molar-refractivity contribution is 8.01. The molecule has 1 atom stereocenters. The Balaban J connectivity index is 1.28. The molecular formula is C22H22N2O6S3. The number of para-hydroxylation sites is 1. The van der Waals surface area contributed by atoms with Gasteiger partial charge in [-0.05, 0) is 24.6 Å². The number of benzene rings is 1. The van der Waals surface area contributed by atoms with Gasteiger partial charge in [0.25, 0.3) is 0 Å². The Morgan fingerprint density at radius 1 is 1.27 bits per heavy atom. The largest absolute Gasteiger partial charge is 0.490 e. The molecule has 2 aliphatic rings. The van der Waals surface area contributed by atoms with Crippen molar-refractivity contribution in [1.29, 1.82) is 0 Å². The maximum Gasteiger partial charge on any atom is 0.352 e. The number of hydrogen-bond donors (Lipinski definition) is 1. The second-order valence-electron chi connectivity index (χ2n) is 7.33. The van der Waals surface area contributed by atoms with Crippen LogP contribution in [-0.2, 0) is 25.5 Å². The van der Waals surface area contributed by atoms with Gasteiger partial charge in [0.2, 0.25) is 5.91 Å². The van der Waals surface area contributed by atoms with E-state index in [1.165, 1.54) is 28.0 Å². The molecule has 33 heavy (non-hydrogen) atoms. The van der Waals surface area contributed by atoms with Crippen molar-refractivity contribution in [2.24, 2.45) is 0 Å². The molecule has 8 nitrogen and oxygen atoms in total. The monoisotopic (exact) mass is 506 g/mol. The Morgan fingerprint density at radius 3 is 2.79 bits per heavy atom. The van der Waals surface area contributed by atoms with Gasteiger partial charge in [-0.2, -0.15) is 0 Å². The highest BCUT2D eigenvalue weighted by atomic mass is 32.2. The number of esters is 1. The molecule has 2 aromatic rings. The lowest BCUT2D eigenvalue weighted by atomic mass is 10.1. The lowest BCUT2D eigenvalue weighted by Crippen LogP contribution is -2.54. The maximum absolute atomic E-state index is 12.2. The molecule has 2 aliphatic heterocycles. The fraction of sp³-hybridized carbons (Fsp3) is 0.364. The number of amides is 1. The number of β-lactam (4-membered cyclic amide) rings is 1. The van der Waals surface area contributed by atoms with Gasteiger partial charge < -0.3 is 14.6 Å². The van der Waals surface area contributed by atoms with Gasteiger partial charge in [0, 0.05) is 16.4 Å². The highest BCUT2D eigenvalue weighted by Crippen LogP contribution is 2.41. The van der Waals surface area contributed by atoms with E-state index >= 15 is 0 Å². The number of thiazole rings is 1. The number of rotatable bonds is 10. The number of carbonyl (C=O) groups excluding carboxylic acids is 2. The molecule has 0 bridgehead atoms. The summed E-state index contributed by atoms with van der Waals surface area (Å²) in [6.45, 7) is 2.27. The summed E-state index contributed by atoms with van der Waals surface area (Å²) in [5, 5.41) is 9.54. The number of hydrogen-bond acceptors (Lipinski definition) is 9. The van der Waals surface area contributed by atoms with Gasteiger partial charge in [-0.3, -0.25) is 14.5 Å². The molecular weight excluding hydrogens is 484 g/mol. The molecule has 1 fully saturated rings. The quantitative estimate of drug-likeness (QED) is 0.225. The van der Waals surface area contributed by atoms with E-state index in [-0.39, 0.29) is 42.6 Å². The van der Waals surface area contributed by atoms with Crippen LogP contribution in [0.15, 0.2) is 45.9 Å². The van der Waals surface area contributed by atoms with Crippen LogP contribution >= 0.6 is 34.9 Å². The van der Waals surface area contributed by atoms with Crippen LogP contribution in [0.3, 0.4) is 0 Å². The number of carboxylic acids is 1. The number of nitrogens with zero attached hydrogens (tertiary/aromatic N) is 2. The number of aryl methyl sites for hydroxylation is 1. The number of carbonyl (C=O) groups is 3. The van der Waals surface area contributed by atoms with Crippen LogP contribution in [-0.4, -0.2) is 62.9 Å². The predicted molar refractivity (Wildman–Crippen MR) is 127 cm³/mol. The third kappa shape index (κ3) is 5.71. The number of ether oxygens (including phenoxy) is 2. The third-order valence-electron chi connectivity index (χ3n) is 5.04. The van der Waals surface area contributed by atoms with Crippen molar-refractivity contribution < 1.29 is 29.0 Å². The van der Waals surface area contributed by atoms with E-state index < -0.39 is 5.97 Å². The Bertz CT molecular complexity index is 1090. The summed E-state index contributed by atoms with van der Waals surface area (Å²) < 4.78 is 11.5. The summed E-state index contributed by atoms with van der Waals surface area (Å²) in [5.41, 5.74) is 1.58. The van der Waals surface area contributed by atoms with Crippen LogP contribution < -0.4 is 4.74 Å². The molecule has 0 saturated carbocycles. The molecule has 0 unspecified atom stereocenters. The second kappa shape index (κ2) is 10.6. The molecule has 3 heterocycles. The Kier molecular flexibility index (Phi) is 7.61. The number of aromatic nitrogens is 1. The first kappa shape index (κ1) is 23.7. The fourth-order valence-electron chi connectivity index (χ4n) is 3.38. The zero-order chi connectivity index (χ0) is 23.4. The summed E-state index contributed by atoms with van der Waals surface area (Å²) in [5.74, 6) is 0.166. The first-order valence-electron chi connectivity index (χ1n) is 10.2. The SMILES string of the molecule is Cc1nc(SCC2=C(C(=O)O)N3C(=O)C[C@@H]3SC2)sc1CC(=O)OCCOc1ccccc1. The molecule has 11 heteroatoms. The first-order chi connectivity index (χ1) is 15.9. The molecule has 174 valence electrons. The van der Waals surface area contributed by atoms with Crippen molar-refractivity contribution in [3.8, 4) is 5.75 Å². The molecule has 1 aromatic heterocycles. The van der Waals surface area contributed by atoms with Crippen molar-refractivity contribution in [3.05, 3.63) is 52.2 Å². The van der Waals surface area contributed by atoms with Crippen molar-refractivity contribution in [2.75, 3.05) is 24.7 Å². The van der Waals surface area contributed by atoms with Gasteiger partial charge in [0.1, 0.15) is 24.7 Å². The van der Waals surface area contributed by atoms with Crippen molar-refractivity contribution >= 4 is 52.7 Å². The van der Waals surface area contributed by atoms with Gasteiger partial charge in [-0.25, -0.2) is 9.78 Å². The van der Waals surface area contributed by atoms with Crippen molar-refractivity contribution in [2.45, 2.75) is 29.5 Å². The van der Waals surface area contributed by atoms with Crippen LogP contribution in [0.5, 0.6) is 5.75 Å². The minimum atomic E-state index is -1.07. The molecule has 0 aliphatic carbocycles. The van der Waals surface area contributed by atoms with Crippen LogP contribution in [0.25, 0.3) is 0 Å². The molecule has 1 aromatic carbocycles. The summed E-state index contributed by atoms with van der Waals surface area (Å²) in [6, 6.07) is 9.31. The van der Waals surface area contributed by atoms with Crippen LogP contribution in [0.2, 0.25) is 0 Å². The van der Waals surface area contributed by atoms with E-state index in [4.69, 9.17) is 9.47 Å². The van der Waals surface area contributed by atoms with E-state index in [1.54, 1.807) is 11.8 Å². The Hall–Kier alpha value is -2.50. The van der Waals surface area contributed by atoms with E-state index in [0.29, 0.717) is 23.5 Å². The van der Waals surface area contributed by atoms with E-state index in [9.17, 15) is 19.5 Å². The summed E-state index contributed by atoms with van der Waals surface area (Å²) in [7, 11) is 0. The smallest absolute Gasteiger partial charge is 0.352 e. The summed E-state index contributed by atoms with van der Waals surface area (Å²) in [4.78, 5) is 42.5. The molecule has 0 spiro atoms. The number of carboxylic acid groups (broad SMARTS) is 1. The summed E-state index contributed by atoms with van der Waals surface area (Å²) in [6.07, 6.45) is 0.518. The number of fused-ring (bicyclic) bond motifs is 1. The molecule has 1 N–H and O–H groups in total. The lowest BCUT2D eigenvalue weighted by Gasteiger charge is -2.43. The molecule has 1 amide bonds. The lowest BCUT2D eigenvalue weighted by molar-refractivity contribution is -0.146. The number of thioether (sulfide) groups is 2. The predicted octanol–water partition coefficient (Wildman–Crippen LogP) is 3.35. The Labute approximate surface area is 203 Å². The normalized spacial score (nSPS) is 17.4. The van der Waals surface area contributed by atoms with E-state index in [0.717, 1.165) is 20.7 Å². The first-order valence-corrected chi connectivity index (χ1v) is 13.1. The molecule has 1 saturated heterocycles. The minimum Gasteiger partial charge on any atom is -0.490 e. The van der Waals surface area contributed by atoms with Gasteiger partial charge in [-0.1, -0.05) is 30.0 Å². The molecule has 4 rings (SSSR count). The van der Waals surface area contributed by atoms with Crippen molar-refractivity contribution in [3.63, 3.8) is 0 Å². The molecule has 0 radical (unpaired) electrons. The Morgan fingerprint density at radius 2 is 2.06 bits per heavy atom. The average molecular weight is 507 g/mol. The zero-order valence-electron chi connectivity index (χ0n) is 17.8. The van der Waals surface area contributed by atoms with Crippen molar-refractivity contribution in [1.82, 2.24) is 9.88 Å². The second-order valence-corrected chi connectivity index (χ2v) is 10.8. The topological polar surface area (TPSA) is 106 Å². The fourth-order valence-corrected chi connectivity index (χ4v) is 7.00. The average Bonchev–Trinajstić information content (AvgIpc) is 3.14. The number of aliphatic carboxylic acids is 1.